The van der Waals surface area contributed by atoms with Crippen molar-refractivity contribution in [1.29, 1.82) is 0 Å². The van der Waals surface area contributed by atoms with Gasteiger partial charge in [-0.3, -0.25) is 14.4 Å². The van der Waals surface area contributed by atoms with E-state index in [1.54, 1.807) is 7.05 Å². The summed E-state index contributed by atoms with van der Waals surface area (Å²) in [6.07, 6.45) is 1.34. The SMILES string of the molecule is CON(C)C(=O)C1CCN(C(=O)c2cccc3ccccc23)CC1. The van der Waals surface area contributed by atoms with Crippen molar-refractivity contribution >= 4 is 22.6 Å². The summed E-state index contributed by atoms with van der Waals surface area (Å²) >= 11 is 0. The highest BCUT2D eigenvalue weighted by atomic mass is 16.7. The van der Waals surface area contributed by atoms with Gasteiger partial charge in [0.15, 0.2) is 0 Å². The zero-order valence-electron chi connectivity index (χ0n) is 14.1. The highest BCUT2D eigenvalue weighted by molar-refractivity contribution is 6.07. The second-order valence-corrected chi connectivity index (χ2v) is 6.11. The molecule has 126 valence electrons. The molecule has 1 fully saturated rings. The van der Waals surface area contributed by atoms with Crippen LogP contribution in [0.5, 0.6) is 0 Å². The number of piperidine rings is 1. The fraction of sp³-hybridized carbons (Fsp3) is 0.368. The Hall–Kier alpha value is -2.40. The van der Waals surface area contributed by atoms with Crippen LogP contribution in [0, 0.1) is 5.92 Å². The first kappa shape index (κ1) is 16.5. The summed E-state index contributed by atoms with van der Waals surface area (Å²) in [6.45, 7) is 1.19. The summed E-state index contributed by atoms with van der Waals surface area (Å²) < 4.78 is 0. The second-order valence-electron chi connectivity index (χ2n) is 6.11. The van der Waals surface area contributed by atoms with Crippen molar-refractivity contribution in [3.05, 3.63) is 48.0 Å². The first-order valence-corrected chi connectivity index (χ1v) is 8.20. The van der Waals surface area contributed by atoms with Gasteiger partial charge >= 0.3 is 0 Å². The van der Waals surface area contributed by atoms with Gasteiger partial charge < -0.3 is 4.90 Å². The van der Waals surface area contributed by atoms with Gasteiger partial charge in [-0.1, -0.05) is 36.4 Å². The number of likely N-dealkylation sites (tertiary alicyclic amines) is 1. The molecule has 1 saturated heterocycles. The molecule has 3 rings (SSSR count). The fourth-order valence-electron chi connectivity index (χ4n) is 3.26. The van der Waals surface area contributed by atoms with Crippen LogP contribution in [0.15, 0.2) is 42.5 Å². The van der Waals surface area contributed by atoms with E-state index in [1.807, 2.05) is 47.4 Å². The van der Waals surface area contributed by atoms with Crippen molar-refractivity contribution in [2.45, 2.75) is 12.8 Å². The Labute approximate surface area is 141 Å². The molecule has 0 bridgehead atoms. The molecule has 1 aliphatic rings. The topological polar surface area (TPSA) is 49.9 Å². The Bertz CT molecular complexity index is 746. The van der Waals surface area contributed by atoms with Gasteiger partial charge in [-0.15, -0.1) is 0 Å². The van der Waals surface area contributed by atoms with Crippen molar-refractivity contribution in [2.75, 3.05) is 27.2 Å². The van der Waals surface area contributed by atoms with Crippen LogP contribution in [0.3, 0.4) is 0 Å². The average Bonchev–Trinajstić information content (AvgIpc) is 2.66. The molecule has 0 unspecified atom stereocenters. The molecule has 5 heteroatoms. The molecule has 0 aliphatic carbocycles. The number of benzene rings is 2. The number of carbonyl (C=O) groups excluding carboxylic acids is 2. The average molecular weight is 326 g/mol. The number of hydroxylamine groups is 2. The molecule has 2 aromatic carbocycles. The van der Waals surface area contributed by atoms with E-state index in [9.17, 15) is 9.59 Å². The molecule has 0 aromatic heterocycles. The molecular weight excluding hydrogens is 304 g/mol. The summed E-state index contributed by atoms with van der Waals surface area (Å²) in [5, 5.41) is 3.31. The maximum absolute atomic E-state index is 12.9. The van der Waals surface area contributed by atoms with E-state index < -0.39 is 0 Å². The molecule has 1 heterocycles. The lowest BCUT2D eigenvalue weighted by molar-refractivity contribution is -0.174. The molecule has 0 radical (unpaired) electrons. The lowest BCUT2D eigenvalue weighted by Gasteiger charge is -2.32. The Balaban J connectivity index is 1.72. The van der Waals surface area contributed by atoms with Gasteiger partial charge in [0, 0.05) is 31.6 Å². The van der Waals surface area contributed by atoms with E-state index in [2.05, 4.69) is 0 Å². The van der Waals surface area contributed by atoms with Crippen molar-refractivity contribution in [1.82, 2.24) is 9.96 Å². The Morgan fingerprint density at radius 3 is 2.46 bits per heavy atom. The zero-order valence-corrected chi connectivity index (χ0v) is 14.1. The lowest BCUT2D eigenvalue weighted by Crippen LogP contribution is -2.43. The first-order chi connectivity index (χ1) is 11.6. The summed E-state index contributed by atoms with van der Waals surface area (Å²) in [5.41, 5.74) is 0.729. The molecule has 24 heavy (non-hydrogen) atoms. The van der Waals surface area contributed by atoms with E-state index in [0.29, 0.717) is 25.9 Å². The minimum absolute atomic E-state index is 0.0187. The molecule has 5 nitrogen and oxygen atoms in total. The molecular formula is C19H22N2O3. The summed E-state index contributed by atoms with van der Waals surface area (Å²) in [4.78, 5) is 31.8. The number of hydrogen-bond donors (Lipinski definition) is 0. The van der Waals surface area contributed by atoms with Crippen LogP contribution in [-0.2, 0) is 9.63 Å². The molecule has 2 aromatic rings. The van der Waals surface area contributed by atoms with Crippen LogP contribution < -0.4 is 0 Å². The van der Waals surface area contributed by atoms with Crippen molar-refractivity contribution < 1.29 is 14.4 Å². The minimum Gasteiger partial charge on any atom is -0.339 e. The molecule has 0 N–H and O–H groups in total. The molecule has 0 saturated carbocycles. The third-order valence-corrected chi connectivity index (χ3v) is 4.74. The number of amides is 2. The second kappa shape index (κ2) is 7.01. The van der Waals surface area contributed by atoms with E-state index in [4.69, 9.17) is 4.84 Å². The van der Waals surface area contributed by atoms with Crippen LogP contribution in [0.1, 0.15) is 23.2 Å². The van der Waals surface area contributed by atoms with Crippen molar-refractivity contribution in [2.24, 2.45) is 5.92 Å². The van der Waals surface area contributed by atoms with E-state index in [0.717, 1.165) is 16.3 Å². The van der Waals surface area contributed by atoms with Crippen LogP contribution in [0.4, 0.5) is 0 Å². The van der Waals surface area contributed by atoms with Crippen molar-refractivity contribution in [3.8, 4) is 0 Å². The predicted octanol–water partition coefficient (Wildman–Crippen LogP) is 2.71. The van der Waals surface area contributed by atoms with Gasteiger partial charge in [0.1, 0.15) is 0 Å². The quantitative estimate of drug-likeness (QED) is 0.815. The Kier molecular flexibility index (Phi) is 4.81. The third-order valence-electron chi connectivity index (χ3n) is 4.74. The summed E-state index contributed by atoms with van der Waals surface area (Å²) in [6, 6.07) is 13.7. The Morgan fingerprint density at radius 2 is 1.75 bits per heavy atom. The van der Waals surface area contributed by atoms with Gasteiger partial charge in [-0.25, -0.2) is 5.06 Å². The molecule has 1 aliphatic heterocycles. The van der Waals surface area contributed by atoms with E-state index >= 15 is 0 Å². The maximum atomic E-state index is 12.9. The van der Waals surface area contributed by atoms with Crippen molar-refractivity contribution in [3.63, 3.8) is 0 Å². The number of fused-ring (bicyclic) bond motifs is 1. The Morgan fingerprint density at radius 1 is 1.08 bits per heavy atom. The first-order valence-electron chi connectivity index (χ1n) is 8.20. The lowest BCUT2D eigenvalue weighted by atomic mass is 9.95. The molecule has 0 atom stereocenters. The summed E-state index contributed by atoms with van der Waals surface area (Å²) in [7, 11) is 3.10. The largest absolute Gasteiger partial charge is 0.339 e. The predicted molar refractivity (Wildman–Crippen MR) is 92.4 cm³/mol. The van der Waals surface area contributed by atoms with E-state index in [1.165, 1.54) is 12.2 Å². The third kappa shape index (κ3) is 3.12. The van der Waals surface area contributed by atoms with Crippen LogP contribution in [-0.4, -0.2) is 49.0 Å². The maximum Gasteiger partial charge on any atom is 0.254 e. The normalized spacial score (nSPS) is 15.5. The number of rotatable bonds is 3. The van der Waals surface area contributed by atoms with Crippen LogP contribution >= 0.6 is 0 Å². The van der Waals surface area contributed by atoms with E-state index in [-0.39, 0.29) is 17.7 Å². The summed E-state index contributed by atoms with van der Waals surface area (Å²) in [5.74, 6) is -0.0564. The fourth-order valence-corrected chi connectivity index (χ4v) is 3.26. The monoisotopic (exact) mass is 326 g/mol. The van der Waals surface area contributed by atoms with Gasteiger partial charge in [0.05, 0.1) is 7.11 Å². The van der Waals surface area contributed by atoms with Crippen LogP contribution in [0.2, 0.25) is 0 Å². The molecule has 0 spiro atoms. The van der Waals surface area contributed by atoms with Gasteiger partial charge in [-0.05, 0) is 29.7 Å². The minimum atomic E-state index is -0.0773. The molecule has 2 amide bonds. The highest BCUT2D eigenvalue weighted by Gasteiger charge is 2.30. The standard InChI is InChI=1S/C19H22N2O3/c1-20(24-2)18(22)15-10-12-21(13-11-15)19(23)17-9-5-7-14-6-3-4-8-16(14)17/h3-9,15H,10-13H2,1-2H3. The zero-order chi connectivity index (χ0) is 17.1. The van der Waals surface area contributed by atoms with Crippen LogP contribution in [0.25, 0.3) is 10.8 Å². The highest BCUT2D eigenvalue weighted by Crippen LogP contribution is 2.24. The smallest absolute Gasteiger partial charge is 0.254 e. The van der Waals surface area contributed by atoms with Gasteiger partial charge in [-0.2, -0.15) is 0 Å². The number of carbonyl (C=O) groups is 2. The number of hydrogen-bond acceptors (Lipinski definition) is 3. The number of nitrogens with zero attached hydrogens (tertiary/aromatic N) is 2. The van der Waals surface area contributed by atoms with Gasteiger partial charge in [0.2, 0.25) is 5.91 Å². The van der Waals surface area contributed by atoms with Gasteiger partial charge in [0.25, 0.3) is 5.91 Å².